The van der Waals surface area contributed by atoms with Gasteiger partial charge >= 0.3 is 0 Å². The van der Waals surface area contributed by atoms with E-state index in [0.29, 0.717) is 6.61 Å². The molecule has 0 aliphatic rings. The third kappa shape index (κ3) is 3.10. The lowest BCUT2D eigenvalue weighted by Crippen LogP contribution is -2.06. The van der Waals surface area contributed by atoms with Gasteiger partial charge in [0.05, 0.1) is 37.3 Å². The molecule has 6 nitrogen and oxygen atoms in total. The minimum Gasteiger partial charge on any atom is -0.383 e. The van der Waals surface area contributed by atoms with Gasteiger partial charge in [-0.25, -0.2) is 0 Å². The van der Waals surface area contributed by atoms with E-state index in [-0.39, 0.29) is 6.04 Å². The molecule has 18 heavy (non-hydrogen) atoms. The fourth-order valence-electron chi connectivity index (χ4n) is 1.74. The minimum atomic E-state index is 0.207. The Bertz CT molecular complexity index is 490. The van der Waals surface area contributed by atoms with Crippen molar-refractivity contribution < 1.29 is 4.74 Å². The van der Waals surface area contributed by atoms with Gasteiger partial charge in [-0.1, -0.05) is 0 Å². The second-order valence-corrected chi connectivity index (χ2v) is 4.30. The molecular formula is C12H19N5O. The molecule has 6 heteroatoms. The Balaban J connectivity index is 1.94. The average molecular weight is 249 g/mol. The zero-order chi connectivity index (χ0) is 13.0. The van der Waals surface area contributed by atoms with Crippen LogP contribution in [0.5, 0.6) is 0 Å². The Hall–Kier alpha value is -1.82. The van der Waals surface area contributed by atoms with Crippen molar-refractivity contribution in [2.75, 3.05) is 19.0 Å². The Morgan fingerprint density at radius 3 is 2.83 bits per heavy atom. The highest BCUT2D eigenvalue weighted by Gasteiger charge is 2.08. The first-order valence-corrected chi connectivity index (χ1v) is 5.95. The molecule has 2 aromatic rings. The summed E-state index contributed by atoms with van der Waals surface area (Å²) >= 11 is 0. The average Bonchev–Trinajstić information content (AvgIpc) is 2.96. The summed E-state index contributed by atoms with van der Waals surface area (Å²) in [6, 6.07) is 0.207. The first-order chi connectivity index (χ1) is 8.69. The quantitative estimate of drug-likeness (QED) is 0.841. The van der Waals surface area contributed by atoms with Crippen molar-refractivity contribution in [3.63, 3.8) is 0 Å². The molecule has 2 rings (SSSR count). The number of nitrogens with one attached hydrogen (secondary N) is 1. The number of nitrogens with zero attached hydrogens (tertiary/aromatic N) is 4. The van der Waals surface area contributed by atoms with E-state index in [2.05, 4.69) is 22.4 Å². The van der Waals surface area contributed by atoms with Gasteiger partial charge in [-0.2, -0.15) is 10.2 Å². The van der Waals surface area contributed by atoms with Gasteiger partial charge < -0.3 is 10.1 Å². The molecule has 1 atom stereocenters. The standard InChI is InChI=1S/C12H19N5O/c1-10(11-6-13-16(2)8-11)15-12-7-14-17(9-12)4-5-18-3/h6-10,15H,4-5H2,1-3H3. The van der Waals surface area contributed by atoms with Gasteiger partial charge in [0.2, 0.25) is 0 Å². The highest BCUT2D eigenvalue weighted by Crippen LogP contribution is 2.17. The van der Waals surface area contributed by atoms with Crippen LogP contribution < -0.4 is 5.32 Å². The highest BCUT2D eigenvalue weighted by atomic mass is 16.5. The molecule has 2 heterocycles. The predicted molar refractivity (Wildman–Crippen MR) is 69.3 cm³/mol. The topological polar surface area (TPSA) is 56.9 Å². The van der Waals surface area contributed by atoms with Gasteiger partial charge in [0.25, 0.3) is 0 Å². The van der Waals surface area contributed by atoms with Crippen molar-refractivity contribution in [2.45, 2.75) is 19.5 Å². The van der Waals surface area contributed by atoms with E-state index in [4.69, 9.17) is 4.74 Å². The van der Waals surface area contributed by atoms with Crippen LogP contribution in [0.4, 0.5) is 5.69 Å². The highest BCUT2D eigenvalue weighted by molar-refractivity contribution is 5.40. The number of ether oxygens (including phenoxy) is 1. The number of aromatic nitrogens is 4. The summed E-state index contributed by atoms with van der Waals surface area (Å²) in [5.41, 5.74) is 2.16. The molecule has 98 valence electrons. The molecule has 0 saturated heterocycles. The van der Waals surface area contributed by atoms with E-state index in [1.54, 1.807) is 11.8 Å². The lowest BCUT2D eigenvalue weighted by Gasteiger charge is -2.11. The molecule has 0 aromatic carbocycles. The zero-order valence-electron chi connectivity index (χ0n) is 11.0. The van der Waals surface area contributed by atoms with Crippen molar-refractivity contribution >= 4 is 5.69 Å². The van der Waals surface area contributed by atoms with Crippen LogP contribution >= 0.6 is 0 Å². The van der Waals surface area contributed by atoms with Crippen LogP contribution in [0, 0.1) is 0 Å². The van der Waals surface area contributed by atoms with Crippen LogP contribution in [0.15, 0.2) is 24.8 Å². The SMILES string of the molecule is COCCn1cc(NC(C)c2cnn(C)c2)cn1. The van der Waals surface area contributed by atoms with Crippen LogP contribution in [0.1, 0.15) is 18.5 Å². The predicted octanol–water partition coefficient (Wildman–Crippen LogP) is 1.44. The van der Waals surface area contributed by atoms with Gasteiger partial charge in [-0.05, 0) is 6.92 Å². The molecule has 2 aromatic heterocycles. The summed E-state index contributed by atoms with van der Waals surface area (Å²) in [6.45, 7) is 3.53. The van der Waals surface area contributed by atoms with Gasteiger partial charge in [-0.3, -0.25) is 9.36 Å². The summed E-state index contributed by atoms with van der Waals surface area (Å²) in [5, 5.41) is 11.8. The van der Waals surface area contributed by atoms with E-state index >= 15 is 0 Å². The smallest absolute Gasteiger partial charge is 0.0731 e. The maximum Gasteiger partial charge on any atom is 0.0731 e. The fourth-order valence-corrected chi connectivity index (χ4v) is 1.74. The number of anilines is 1. The summed E-state index contributed by atoms with van der Waals surface area (Å²) in [6.07, 6.45) is 7.68. The minimum absolute atomic E-state index is 0.207. The second-order valence-electron chi connectivity index (χ2n) is 4.30. The van der Waals surface area contributed by atoms with Crippen LogP contribution in [0.25, 0.3) is 0 Å². The molecule has 1 unspecified atom stereocenters. The molecule has 0 fully saturated rings. The molecule has 0 aliphatic heterocycles. The second kappa shape index (κ2) is 5.68. The monoisotopic (exact) mass is 249 g/mol. The first-order valence-electron chi connectivity index (χ1n) is 5.95. The van der Waals surface area contributed by atoms with E-state index < -0.39 is 0 Å². The maximum atomic E-state index is 5.02. The summed E-state index contributed by atoms with van der Waals surface area (Å²) in [5.74, 6) is 0. The van der Waals surface area contributed by atoms with Crippen molar-refractivity contribution in [3.05, 3.63) is 30.4 Å². The van der Waals surface area contributed by atoms with Gasteiger partial charge in [0.1, 0.15) is 0 Å². The van der Waals surface area contributed by atoms with Crippen LogP contribution in [0.3, 0.4) is 0 Å². The van der Waals surface area contributed by atoms with Crippen molar-refractivity contribution in [3.8, 4) is 0 Å². The molecule has 0 saturated carbocycles. The number of hydrogen-bond acceptors (Lipinski definition) is 4. The lowest BCUT2D eigenvalue weighted by molar-refractivity contribution is 0.183. The van der Waals surface area contributed by atoms with Crippen LogP contribution in [0.2, 0.25) is 0 Å². The van der Waals surface area contributed by atoms with E-state index in [9.17, 15) is 0 Å². The number of hydrogen-bond donors (Lipinski definition) is 1. The normalized spacial score (nSPS) is 12.6. The van der Waals surface area contributed by atoms with E-state index in [1.165, 1.54) is 0 Å². The Labute approximate surface area is 107 Å². The molecule has 0 amide bonds. The van der Waals surface area contributed by atoms with Crippen LogP contribution in [-0.2, 0) is 18.3 Å². The number of rotatable bonds is 6. The molecule has 0 spiro atoms. The zero-order valence-corrected chi connectivity index (χ0v) is 11.0. The third-order valence-electron chi connectivity index (χ3n) is 2.77. The van der Waals surface area contributed by atoms with E-state index in [0.717, 1.165) is 17.8 Å². The van der Waals surface area contributed by atoms with Gasteiger partial charge in [-0.15, -0.1) is 0 Å². The van der Waals surface area contributed by atoms with Crippen LogP contribution in [-0.4, -0.2) is 33.3 Å². The molecule has 0 radical (unpaired) electrons. The summed E-state index contributed by atoms with van der Waals surface area (Å²) < 4.78 is 8.68. The Kier molecular flexibility index (Phi) is 3.99. The molecule has 1 N–H and O–H groups in total. The lowest BCUT2D eigenvalue weighted by atomic mass is 10.2. The summed E-state index contributed by atoms with van der Waals surface area (Å²) in [7, 11) is 3.60. The third-order valence-corrected chi connectivity index (χ3v) is 2.77. The van der Waals surface area contributed by atoms with Gasteiger partial charge in [0, 0.05) is 32.1 Å². The Morgan fingerprint density at radius 2 is 2.17 bits per heavy atom. The number of methoxy groups -OCH3 is 1. The molecule has 0 bridgehead atoms. The fraction of sp³-hybridized carbons (Fsp3) is 0.500. The largest absolute Gasteiger partial charge is 0.383 e. The van der Waals surface area contributed by atoms with Crippen molar-refractivity contribution in [1.29, 1.82) is 0 Å². The maximum absolute atomic E-state index is 5.02. The first kappa shape index (κ1) is 12.6. The Morgan fingerprint density at radius 1 is 1.33 bits per heavy atom. The molecule has 0 aliphatic carbocycles. The summed E-state index contributed by atoms with van der Waals surface area (Å²) in [4.78, 5) is 0. The number of aryl methyl sites for hydroxylation is 1. The van der Waals surface area contributed by atoms with Crippen molar-refractivity contribution in [1.82, 2.24) is 19.6 Å². The molecular weight excluding hydrogens is 230 g/mol. The van der Waals surface area contributed by atoms with Gasteiger partial charge in [0.15, 0.2) is 0 Å². The van der Waals surface area contributed by atoms with E-state index in [1.807, 2.05) is 36.5 Å². The van der Waals surface area contributed by atoms with Crippen molar-refractivity contribution in [2.24, 2.45) is 7.05 Å².